The van der Waals surface area contributed by atoms with E-state index in [2.05, 4.69) is 39.1 Å². The Labute approximate surface area is 149 Å². The fraction of sp³-hybridized carbons (Fsp3) is 0.579. The van der Waals surface area contributed by atoms with E-state index >= 15 is 0 Å². The Balaban J connectivity index is 1.53. The van der Waals surface area contributed by atoms with Crippen LogP contribution >= 0.6 is 0 Å². The summed E-state index contributed by atoms with van der Waals surface area (Å²) in [4.78, 5) is 9.38. The minimum atomic E-state index is 0.548. The number of rotatable bonds is 9. The third-order valence-corrected chi connectivity index (χ3v) is 4.75. The number of likely N-dealkylation sites (N-methyl/N-ethyl adjacent to an activating group) is 1. The third kappa shape index (κ3) is 5.36. The van der Waals surface area contributed by atoms with Gasteiger partial charge in [-0.05, 0) is 32.0 Å². The van der Waals surface area contributed by atoms with Gasteiger partial charge in [0.25, 0.3) is 0 Å². The molecule has 0 aliphatic carbocycles. The van der Waals surface area contributed by atoms with Gasteiger partial charge in [-0.2, -0.15) is 4.98 Å². The summed E-state index contributed by atoms with van der Waals surface area (Å²) in [6, 6.07) is 10.8. The molecule has 25 heavy (non-hydrogen) atoms. The molecule has 2 heterocycles. The lowest BCUT2D eigenvalue weighted by molar-refractivity contribution is 0.131. The first kappa shape index (κ1) is 18.0. The van der Waals surface area contributed by atoms with Crippen molar-refractivity contribution in [1.82, 2.24) is 19.9 Å². The lowest BCUT2D eigenvalue weighted by atomic mass is 10.1. The first-order valence-electron chi connectivity index (χ1n) is 9.01. The second-order valence-electron chi connectivity index (χ2n) is 6.79. The van der Waals surface area contributed by atoms with Gasteiger partial charge in [0.1, 0.15) is 0 Å². The summed E-state index contributed by atoms with van der Waals surface area (Å²) in [5, 5.41) is 4.14. The van der Waals surface area contributed by atoms with Crippen molar-refractivity contribution < 1.29 is 9.26 Å². The van der Waals surface area contributed by atoms with Crippen molar-refractivity contribution in [3.63, 3.8) is 0 Å². The average molecular weight is 344 g/mol. The number of nitrogens with zero attached hydrogens (tertiary/aromatic N) is 4. The monoisotopic (exact) mass is 344 g/mol. The van der Waals surface area contributed by atoms with Crippen LogP contribution in [0.15, 0.2) is 34.9 Å². The zero-order chi connectivity index (χ0) is 17.5. The highest BCUT2D eigenvalue weighted by molar-refractivity contribution is 5.18. The first-order chi connectivity index (χ1) is 12.2. The molecule has 6 nitrogen and oxygen atoms in total. The number of hydrogen-bond acceptors (Lipinski definition) is 6. The predicted molar refractivity (Wildman–Crippen MR) is 96.4 cm³/mol. The number of likely N-dealkylation sites (tertiary alicyclic amines) is 1. The summed E-state index contributed by atoms with van der Waals surface area (Å²) in [5.41, 5.74) is 1.20. The second kappa shape index (κ2) is 9.08. The minimum absolute atomic E-state index is 0.548. The maximum absolute atomic E-state index is 5.48. The Hall–Kier alpha value is -1.76. The van der Waals surface area contributed by atoms with Gasteiger partial charge in [0.2, 0.25) is 5.89 Å². The molecule has 2 aromatic rings. The molecule has 136 valence electrons. The quantitative estimate of drug-likeness (QED) is 0.695. The van der Waals surface area contributed by atoms with Crippen molar-refractivity contribution in [3.8, 4) is 0 Å². The highest BCUT2D eigenvalue weighted by atomic mass is 16.5. The van der Waals surface area contributed by atoms with Crippen LogP contribution in [-0.2, 0) is 17.7 Å². The van der Waals surface area contributed by atoms with Crippen molar-refractivity contribution in [2.24, 2.45) is 0 Å². The van der Waals surface area contributed by atoms with Crippen molar-refractivity contribution in [3.05, 3.63) is 47.6 Å². The Morgan fingerprint density at radius 2 is 2.16 bits per heavy atom. The molecule has 0 amide bonds. The van der Waals surface area contributed by atoms with Gasteiger partial charge in [0, 0.05) is 32.7 Å². The standard InChI is InChI=1S/C19H28N4O2/c1-22(11-12-24-2)14-17-9-6-10-23(17)15-19-20-18(21-25-19)13-16-7-4-3-5-8-16/h3-5,7-8,17H,6,9-15H2,1-2H3/t17-/m1/s1. The Kier molecular flexibility index (Phi) is 6.55. The Bertz CT molecular complexity index is 631. The molecule has 1 aliphatic heterocycles. The van der Waals surface area contributed by atoms with Crippen LogP contribution in [-0.4, -0.2) is 66.4 Å². The minimum Gasteiger partial charge on any atom is -0.383 e. The lowest BCUT2D eigenvalue weighted by Crippen LogP contribution is -2.39. The lowest BCUT2D eigenvalue weighted by Gasteiger charge is -2.27. The summed E-state index contributed by atoms with van der Waals surface area (Å²) in [6.45, 7) is 4.62. The Morgan fingerprint density at radius 3 is 2.96 bits per heavy atom. The molecule has 0 bridgehead atoms. The number of methoxy groups -OCH3 is 1. The fourth-order valence-corrected chi connectivity index (χ4v) is 3.39. The average Bonchev–Trinajstić information content (AvgIpc) is 3.24. The molecule has 1 aliphatic rings. The van der Waals surface area contributed by atoms with Crippen LogP contribution in [0.1, 0.15) is 30.1 Å². The van der Waals surface area contributed by atoms with Gasteiger partial charge in [-0.25, -0.2) is 0 Å². The van der Waals surface area contributed by atoms with E-state index in [9.17, 15) is 0 Å². The van der Waals surface area contributed by atoms with Crippen molar-refractivity contribution >= 4 is 0 Å². The predicted octanol–water partition coefficient (Wildman–Crippen LogP) is 2.20. The zero-order valence-corrected chi connectivity index (χ0v) is 15.2. The molecule has 1 saturated heterocycles. The maximum atomic E-state index is 5.48. The molecule has 0 saturated carbocycles. The van der Waals surface area contributed by atoms with E-state index in [-0.39, 0.29) is 0 Å². The molecular weight excluding hydrogens is 316 g/mol. The summed E-state index contributed by atoms with van der Waals surface area (Å²) >= 11 is 0. The molecule has 0 radical (unpaired) electrons. The van der Waals surface area contributed by atoms with Crippen LogP contribution in [0.4, 0.5) is 0 Å². The second-order valence-corrected chi connectivity index (χ2v) is 6.79. The van der Waals surface area contributed by atoms with Gasteiger partial charge >= 0.3 is 0 Å². The van der Waals surface area contributed by atoms with Crippen molar-refractivity contribution in [1.29, 1.82) is 0 Å². The van der Waals surface area contributed by atoms with E-state index in [0.717, 1.165) is 44.5 Å². The van der Waals surface area contributed by atoms with E-state index in [1.807, 2.05) is 18.2 Å². The van der Waals surface area contributed by atoms with E-state index in [1.165, 1.54) is 18.4 Å². The normalized spacial score (nSPS) is 18.3. The molecule has 1 fully saturated rings. The van der Waals surface area contributed by atoms with Gasteiger partial charge in [0.05, 0.1) is 13.2 Å². The molecule has 1 aromatic heterocycles. The molecular formula is C19H28N4O2. The highest BCUT2D eigenvalue weighted by Gasteiger charge is 2.27. The van der Waals surface area contributed by atoms with Crippen LogP contribution in [0.3, 0.4) is 0 Å². The van der Waals surface area contributed by atoms with Gasteiger partial charge in [-0.1, -0.05) is 35.5 Å². The number of aromatic nitrogens is 2. The van der Waals surface area contributed by atoms with Gasteiger partial charge in [-0.3, -0.25) is 4.90 Å². The largest absolute Gasteiger partial charge is 0.383 e. The zero-order valence-electron chi connectivity index (χ0n) is 15.2. The van der Waals surface area contributed by atoms with Crippen LogP contribution in [0.2, 0.25) is 0 Å². The Morgan fingerprint density at radius 1 is 1.32 bits per heavy atom. The smallest absolute Gasteiger partial charge is 0.240 e. The SMILES string of the molecule is COCCN(C)C[C@H]1CCCN1Cc1nc(Cc2ccccc2)no1. The maximum Gasteiger partial charge on any atom is 0.240 e. The van der Waals surface area contributed by atoms with Crippen molar-refractivity contribution in [2.45, 2.75) is 31.8 Å². The summed E-state index contributed by atoms with van der Waals surface area (Å²) in [6.07, 6.45) is 3.17. The van der Waals surface area contributed by atoms with Gasteiger partial charge < -0.3 is 14.2 Å². The molecule has 1 aromatic carbocycles. The van der Waals surface area contributed by atoms with E-state index < -0.39 is 0 Å². The number of hydrogen-bond donors (Lipinski definition) is 0. The molecule has 1 atom stereocenters. The molecule has 0 N–H and O–H groups in total. The number of ether oxygens (including phenoxy) is 1. The van der Waals surface area contributed by atoms with E-state index in [1.54, 1.807) is 7.11 Å². The fourth-order valence-electron chi connectivity index (χ4n) is 3.39. The molecule has 6 heteroatoms. The summed E-state index contributed by atoms with van der Waals surface area (Å²) in [5.74, 6) is 1.48. The molecule has 0 unspecified atom stereocenters. The first-order valence-corrected chi connectivity index (χ1v) is 9.01. The van der Waals surface area contributed by atoms with E-state index in [0.29, 0.717) is 12.5 Å². The van der Waals surface area contributed by atoms with Crippen LogP contribution < -0.4 is 0 Å². The number of benzene rings is 1. The molecule has 3 rings (SSSR count). The third-order valence-electron chi connectivity index (χ3n) is 4.75. The summed E-state index contributed by atoms with van der Waals surface area (Å²) < 4.78 is 10.6. The van der Waals surface area contributed by atoms with Crippen LogP contribution in [0.5, 0.6) is 0 Å². The summed E-state index contributed by atoms with van der Waals surface area (Å²) in [7, 11) is 3.90. The van der Waals surface area contributed by atoms with Crippen LogP contribution in [0.25, 0.3) is 0 Å². The van der Waals surface area contributed by atoms with Crippen LogP contribution in [0, 0.1) is 0 Å². The topological polar surface area (TPSA) is 54.6 Å². The molecule has 0 spiro atoms. The van der Waals surface area contributed by atoms with Gasteiger partial charge in [-0.15, -0.1) is 0 Å². The van der Waals surface area contributed by atoms with Gasteiger partial charge in [0.15, 0.2) is 5.82 Å². The van der Waals surface area contributed by atoms with Crippen molar-refractivity contribution in [2.75, 3.05) is 40.4 Å². The highest BCUT2D eigenvalue weighted by Crippen LogP contribution is 2.20. The van der Waals surface area contributed by atoms with E-state index in [4.69, 9.17) is 9.26 Å².